The Labute approximate surface area is 191 Å². The van der Waals surface area contributed by atoms with Crippen molar-refractivity contribution in [3.8, 4) is 11.5 Å². The van der Waals surface area contributed by atoms with Crippen molar-refractivity contribution in [1.29, 1.82) is 0 Å². The van der Waals surface area contributed by atoms with Crippen molar-refractivity contribution >= 4 is 40.4 Å². The molecule has 0 saturated heterocycles. The molecule has 1 N–H and O–H groups in total. The summed E-state index contributed by atoms with van der Waals surface area (Å²) in [4.78, 5) is 28.0. The van der Waals surface area contributed by atoms with Crippen molar-refractivity contribution in [2.24, 2.45) is 0 Å². The summed E-state index contributed by atoms with van der Waals surface area (Å²) in [7, 11) is 1.57. The third-order valence-electron chi connectivity index (χ3n) is 4.99. The Kier molecular flexibility index (Phi) is 6.14. The molecule has 1 heterocycles. The van der Waals surface area contributed by atoms with Crippen LogP contribution < -0.4 is 19.7 Å². The van der Waals surface area contributed by atoms with E-state index in [1.807, 2.05) is 6.92 Å². The van der Waals surface area contributed by atoms with Gasteiger partial charge >= 0.3 is 0 Å². The number of para-hydroxylation sites is 1. The number of hydrogen-bond acceptors (Lipinski definition) is 5. The van der Waals surface area contributed by atoms with Crippen molar-refractivity contribution < 1.29 is 19.1 Å². The lowest BCUT2D eigenvalue weighted by molar-refractivity contribution is -0.120. The van der Waals surface area contributed by atoms with Crippen LogP contribution >= 0.6 is 11.6 Å². The lowest BCUT2D eigenvalue weighted by atomic mass is 10.0. The lowest BCUT2D eigenvalue weighted by Gasteiger charge is -2.16. The molecule has 0 atom stereocenters. The van der Waals surface area contributed by atoms with E-state index >= 15 is 0 Å². The monoisotopic (exact) mass is 448 g/mol. The number of nitrogens with one attached hydrogen (secondary N) is 1. The Hall–Kier alpha value is -3.77. The van der Waals surface area contributed by atoms with Crippen LogP contribution in [-0.4, -0.2) is 25.5 Å². The molecular weight excluding hydrogens is 428 g/mol. The SMILES string of the molecule is CCOc1ccc(NC2=C(c3ccc(OC)cc3)C(=O)N(c3ccccc3Cl)C2=O)cc1. The topological polar surface area (TPSA) is 67.9 Å². The summed E-state index contributed by atoms with van der Waals surface area (Å²) >= 11 is 6.31. The van der Waals surface area contributed by atoms with Gasteiger partial charge in [-0.2, -0.15) is 0 Å². The van der Waals surface area contributed by atoms with Crippen LogP contribution in [0.4, 0.5) is 11.4 Å². The first-order chi connectivity index (χ1) is 15.5. The van der Waals surface area contributed by atoms with Crippen LogP contribution in [0.25, 0.3) is 5.57 Å². The number of halogens is 1. The molecule has 4 rings (SSSR count). The molecule has 3 aromatic carbocycles. The summed E-state index contributed by atoms with van der Waals surface area (Å²) in [6.45, 7) is 2.46. The molecule has 0 fully saturated rings. The molecule has 1 aliphatic heterocycles. The Balaban J connectivity index is 1.77. The van der Waals surface area contributed by atoms with Crippen molar-refractivity contribution in [2.75, 3.05) is 23.9 Å². The highest BCUT2D eigenvalue weighted by atomic mass is 35.5. The maximum absolute atomic E-state index is 13.5. The van der Waals surface area contributed by atoms with Crippen LogP contribution in [0.5, 0.6) is 11.5 Å². The summed E-state index contributed by atoms with van der Waals surface area (Å²) in [6.07, 6.45) is 0. The minimum absolute atomic E-state index is 0.171. The number of amides is 2. The fourth-order valence-corrected chi connectivity index (χ4v) is 3.69. The number of nitrogens with zero attached hydrogens (tertiary/aromatic N) is 1. The highest BCUT2D eigenvalue weighted by Gasteiger charge is 2.41. The van der Waals surface area contributed by atoms with E-state index in [-0.39, 0.29) is 11.3 Å². The summed E-state index contributed by atoms with van der Waals surface area (Å²) in [5.74, 6) is 0.425. The van der Waals surface area contributed by atoms with Crippen LogP contribution in [-0.2, 0) is 9.59 Å². The molecule has 0 aromatic heterocycles. The number of carbonyl (C=O) groups excluding carboxylic acids is 2. The molecule has 0 saturated carbocycles. The van der Waals surface area contributed by atoms with E-state index < -0.39 is 11.8 Å². The maximum Gasteiger partial charge on any atom is 0.282 e. The Morgan fingerprint density at radius 2 is 1.53 bits per heavy atom. The number of carbonyl (C=O) groups is 2. The second-order valence-corrected chi connectivity index (χ2v) is 7.37. The third-order valence-corrected chi connectivity index (χ3v) is 5.31. The zero-order chi connectivity index (χ0) is 22.7. The Bertz CT molecular complexity index is 1190. The molecule has 162 valence electrons. The molecule has 0 bridgehead atoms. The average Bonchev–Trinajstić information content (AvgIpc) is 3.05. The lowest BCUT2D eigenvalue weighted by Crippen LogP contribution is -2.32. The number of methoxy groups -OCH3 is 1. The molecule has 7 heteroatoms. The smallest absolute Gasteiger partial charge is 0.282 e. The first-order valence-corrected chi connectivity index (χ1v) is 10.4. The third kappa shape index (κ3) is 4.05. The van der Waals surface area contributed by atoms with E-state index in [0.29, 0.717) is 40.1 Å². The summed E-state index contributed by atoms with van der Waals surface area (Å²) in [5.41, 5.74) is 2.00. The van der Waals surface area contributed by atoms with E-state index in [2.05, 4.69) is 5.32 Å². The molecule has 2 amide bonds. The van der Waals surface area contributed by atoms with Gasteiger partial charge in [-0.25, -0.2) is 4.90 Å². The fraction of sp³-hybridized carbons (Fsp3) is 0.120. The standard InChI is InChI=1S/C25H21ClN2O4/c1-3-32-19-14-10-17(11-15-19)27-23-22(16-8-12-18(31-2)13-9-16)24(29)28(25(23)30)21-7-5-4-6-20(21)26/h4-15,27H,3H2,1-2H3. The van der Waals surface area contributed by atoms with Gasteiger partial charge in [-0.1, -0.05) is 35.9 Å². The van der Waals surface area contributed by atoms with Crippen molar-refractivity contribution in [2.45, 2.75) is 6.92 Å². The number of anilines is 2. The van der Waals surface area contributed by atoms with E-state index in [9.17, 15) is 9.59 Å². The van der Waals surface area contributed by atoms with Gasteiger partial charge < -0.3 is 14.8 Å². The maximum atomic E-state index is 13.5. The Morgan fingerprint density at radius 1 is 0.875 bits per heavy atom. The number of ether oxygens (including phenoxy) is 2. The quantitative estimate of drug-likeness (QED) is 0.506. The molecule has 6 nitrogen and oxygen atoms in total. The van der Waals surface area contributed by atoms with Crippen molar-refractivity contribution in [1.82, 2.24) is 0 Å². The second-order valence-electron chi connectivity index (χ2n) is 6.96. The predicted octanol–water partition coefficient (Wildman–Crippen LogP) is 5.14. The highest BCUT2D eigenvalue weighted by Crippen LogP contribution is 2.37. The molecule has 0 spiro atoms. The van der Waals surface area contributed by atoms with Gasteiger partial charge in [0.1, 0.15) is 17.2 Å². The minimum atomic E-state index is -0.484. The van der Waals surface area contributed by atoms with Crippen molar-refractivity contribution in [3.05, 3.63) is 89.1 Å². The van der Waals surface area contributed by atoms with Gasteiger partial charge in [0.15, 0.2) is 0 Å². The summed E-state index contributed by atoms with van der Waals surface area (Å²) < 4.78 is 10.7. The zero-order valence-corrected chi connectivity index (χ0v) is 18.3. The predicted molar refractivity (Wildman–Crippen MR) is 125 cm³/mol. The van der Waals surface area contributed by atoms with Crippen LogP contribution in [0.3, 0.4) is 0 Å². The van der Waals surface area contributed by atoms with Crippen LogP contribution in [0.15, 0.2) is 78.5 Å². The van der Waals surface area contributed by atoms with Crippen LogP contribution in [0.2, 0.25) is 5.02 Å². The molecule has 1 aliphatic rings. The van der Waals surface area contributed by atoms with E-state index in [4.69, 9.17) is 21.1 Å². The second kappa shape index (κ2) is 9.16. The van der Waals surface area contributed by atoms with E-state index in [0.717, 1.165) is 4.90 Å². The zero-order valence-electron chi connectivity index (χ0n) is 17.6. The van der Waals surface area contributed by atoms with E-state index in [1.54, 1.807) is 79.9 Å². The van der Waals surface area contributed by atoms with Gasteiger partial charge in [0.2, 0.25) is 0 Å². The minimum Gasteiger partial charge on any atom is -0.497 e. The number of benzene rings is 3. The summed E-state index contributed by atoms with van der Waals surface area (Å²) in [6, 6.07) is 20.9. The molecule has 3 aromatic rings. The van der Waals surface area contributed by atoms with Gasteiger partial charge in [-0.05, 0) is 61.0 Å². The average molecular weight is 449 g/mol. The van der Waals surface area contributed by atoms with Crippen molar-refractivity contribution in [3.63, 3.8) is 0 Å². The van der Waals surface area contributed by atoms with E-state index in [1.165, 1.54) is 0 Å². The van der Waals surface area contributed by atoms with Crippen LogP contribution in [0, 0.1) is 0 Å². The molecule has 0 aliphatic carbocycles. The first-order valence-electron chi connectivity index (χ1n) is 10.1. The normalized spacial score (nSPS) is 13.5. The molecule has 32 heavy (non-hydrogen) atoms. The highest BCUT2D eigenvalue weighted by molar-refractivity contribution is 6.48. The largest absolute Gasteiger partial charge is 0.497 e. The first kappa shape index (κ1) is 21.5. The van der Waals surface area contributed by atoms with Gasteiger partial charge in [0.05, 0.1) is 30.0 Å². The molecule has 0 unspecified atom stereocenters. The van der Waals surface area contributed by atoms with Gasteiger partial charge in [0, 0.05) is 5.69 Å². The number of imide groups is 1. The number of hydrogen-bond donors (Lipinski definition) is 1. The molecular formula is C25H21ClN2O4. The van der Waals surface area contributed by atoms with Crippen LogP contribution in [0.1, 0.15) is 12.5 Å². The fourth-order valence-electron chi connectivity index (χ4n) is 3.47. The Morgan fingerprint density at radius 3 is 2.16 bits per heavy atom. The molecule has 0 radical (unpaired) electrons. The van der Waals surface area contributed by atoms with Gasteiger partial charge in [-0.15, -0.1) is 0 Å². The van der Waals surface area contributed by atoms with Gasteiger partial charge in [0.25, 0.3) is 11.8 Å². The number of rotatable bonds is 7. The van der Waals surface area contributed by atoms with Gasteiger partial charge in [-0.3, -0.25) is 9.59 Å². The summed E-state index contributed by atoms with van der Waals surface area (Å²) in [5, 5.41) is 3.44.